The Bertz CT molecular complexity index is 673. The molecule has 1 aromatic heterocycles. The van der Waals surface area contributed by atoms with Crippen molar-refractivity contribution in [1.82, 2.24) is 14.9 Å². The molecule has 0 atom stereocenters. The van der Waals surface area contributed by atoms with E-state index >= 15 is 0 Å². The molecule has 2 amide bonds. The molecule has 0 unspecified atom stereocenters. The van der Waals surface area contributed by atoms with Crippen LogP contribution in [0.15, 0.2) is 36.7 Å². The van der Waals surface area contributed by atoms with Gasteiger partial charge in [-0.2, -0.15) is 0 Å². The van der Waals surface area contributed by atoms with E-state index in [0.717, 1.165) is 5.56 Å². The van der Waals surface area contributed by atoms with Crippen LogP contribution in [0.3, 0.4) is 0 Å². The van der Waals surface area contributed by atoms with Crippen LogP contribution in [0.2, 0.25) is 0 Å². The van der Waals surface area contributed by atoms with Crippen molar-refractivity contribution in [3.8, 4) is 5.75 Å². The third-order valence-electron chi connectivity index (χ3n) is 3.19. The normalized spacial score (nSPS) is 10.4. The minimum Gasteiger partial charge on any atom is -0.489 e. The summed E-state index contributed by atoms with van der Waals surface area (Å²) in [6.07, 6.45) is 3.42. The quantitative estimate of drug-likeness (QED) is 0.852. The number of carbonyl (C=O) groups excluding carboxylic acids is 1. The number of nitrogens with zero attached hydrogens (tertiary/aromatic N) is 3. The van der Waals surface area contributed by atoms with Gasteiger partial charge in [0, 0.05) is 32.1 Å². The van der Waals surface area contributed by atoms with Gasteiger partial charge >= 0.3 is 6.03 Å². The van der Waals surface area contributed by atoms with E-state index in [4.69, 9.17) is 4.74 Å². The Morgan fingerprint density at radius 1 is 1.25 bits per heavy atom. The van der Waals surface area contributed by atoms with Gasteiger partial charge in [0.05, 0.1) is 18.3 Å². The maximum atomic E-state index is 12.4. The number of amides is 2. The van der Waals surface area contributed by atoms with Crippen LogP contribution in [0.1, 0.15) is 19.4 Å². The van der Waals surface area contributed by atoms with Gasteiger partial charge in [0.2, 0.25) is 5.95 Å². The molecule has 2 aromatic rings. The van der Waals surface area contributed by atoms with Crippen molar-refractivity contribution in [3.05, 3.63) is 42.2 Å². The standard InChI is InChI=1S/C17H23N5O2/c1-12(2)24-15-8-6-5-7-14(15)21-17(23)22(4)11-13-9-19-16(18-3)20-10-13/h5-10,12H,11H2,1-4H3,(H,21,23)(H,18,19,20). The Kier molecular flexibility index (Phi) is 5.95. The van der Waals surface area contributed by atoms with E-state index < -0.39 is 0 Å². The van der Waals surface area contributed by atoms with Crippen LogP contribution in [0.4, 0.5) is 16.4 Å². The highest BCUT2D eigenvalue weighted by Gasteiger charge is 2.13. The molecular weight excluding hydrogens is 306 g/mol. The molecule has 0 saturated carbocycles. The summed E-state index contributed by atoms with van der Waals surface area (Å²) in [5.74, 6) is 1.20. The summed E-state index contributed by atoms with van der Waals surface area (Å²) in [6.45, 7) is 4.29. The van der Waals surface area contributed by atoms with Crippen molar-refractivity contribution in [3.63, 3.8) is 0 Å². The fourth-order valence-corrected chi connectivity index (χ4v) is 2.05. The number of anilines is 2. The maximum Gasteiger partial charge on any atom is 0.321 e. The predicted octanol–water partition coefficient (Wildman–Crippen LogP) is 2.97. The van der Waals surface area contributed by atoms with Crippen molar-refractivity contribution < 1.29 is 9.53 Å². The number of aromatic nitrogens is 2. The number of benzene rings is 1. The Balaban J connectivity index is 2.01. The van der Waals surface area contributed by atoms with Crippen LogP contribution in [0, 0.1) is 0 Å². The van der Waals surface area contributed by atoms with Crippen molar-refractivity contribution in [2.75, 3.05) is 24.7 Å². The second-order valence-electron chi connectivity index (χ2n) is 5.61. The summed E-state index contributed by atoms with van der Waals surface area (Å²) in [6, 6.07) is 7.14. The lowest BCUT2D eigenvalue weighted by molar-refractivity contribution is 0.219. The number of rotatable bonds is 6. The first-order valence-electron chi connectivity index (χ1n) is 7.76. The van der Waals surface area contributed by atoms with Gasteiger partial charge in [-0.1, -0.05) is 12.1 Å². The number of carbonyl (C=O) groups is 1. The van der Waals surface area contributed by atoms with Crippen molar-refractivity contribution >= 4 is 17.7 Å². The fraction of sp³-hybridized carbons (Fsp3) is 0.353. The number of nitrogens with one attached hydrogen (secondary N) is 2. The topological polar surface area (TPSA) is 79.4 Å². The molecule has 0 fully saturated rings. The third kappa shape index (κ3) is 4.84. The van der Waals surface area contributed by atoms with Crippen LogP contribution in [-0.4, -0.2) is 41.1 Å². The molecule has 0 bridgehead atoms. The van der Waals surface area contributed by atoms with Crippen LogP contribution >= 0.6 is 0 Å². The fourth-order valence-electron chi connectivity index (χ4n) is 2.05. The lowest BCUT2D eigenvalue weighted by Gasteiger charge is -2.20. The number of urea groups is 1. The Labute approximate surface area is 142 Å². The third-order valence-corrected chi connectivity index (χ3v) is 3.19. The zero-order valence-electron chi connectivity index (χ0n) is 14.4. The lowest BCUT2D eigenvalue weighted by atomic mass is 10.3. The van der Waals surface area contributed by atoms with Crippen molar-refractivity contribution in [1.29, 1.82) is 0 Å². The van der Waals surface area contributed by atoms with Gasteiger partial charge in [-0.25, -0.2) is 14.8 Å². The Morgan fingerprint density at radius 2 is 1.92 bits per heavy atom. The molecule has 7 nitrogen and oxygen atoms in total. The summed E-state index contributed by atoms with van der Waals surface area (Å²) in [7, 11) is 3.47. The second kappa shape index (κ2) is 8.14. The van der Waals surface area contributed by atoms with Crippen LogP contribution in [0.25, 0.3) is 0 Å². The van der Waals surface area contributed by atoms with E-state index in [1.165, 1.54) is 0 Å². The molecule has 0 aliphatic rings. The van der Waals surface area contributed by atoms with E-state index in [9.17, 15) is 4.79 Å². The summed E-state index contributed by atoms with van der Waals surface area (Å²) < 4.78 is 5.71. The molecule has 1 heterocycles. The molecule has 0 radical (unpaired) electrons. The highest BCUT2D eigenvalue weighted by molar-refractivity contribution is 5.90. The summed E-state index contributed by atoms with van der Waals surface area (Å²) in [5, 5.41) is 5.72. The summed E-state index contributed by atoms with van der Waals surface area (Å²) >= 11 is 0. The predicted molar refractivity (Wildman–Crippen MR) is 94.3 cm³/mol. The lowest BCUT2D eigenvalue weighted by Crippen LogP contribution is -2.31. The molecule has 0 aliphatic carbocycles. The van der Waals surface area contributed by atoms with Crippen LogP contribution < -0.4 is 15.4 Å². The molecule has 2 N–H and O–H groups in total. The molecule has 2 rings (SSSR count). The van der Waals surface area contributed by atoms with E-state index in [2.05, 4.69) is 20.6 Å². The van der Waals surface area contributed by atoms with Gasteiger partial charge < -0.3 is 20.3 Å². The van der Waals surface area contributed by atoms with Crippen molar-refractivity contribution in [2.24, 2.45) is 0 Å². The molecular formula is C17H23N5O2. The monoisotopic (exact) mass is 329 g/mol. The molecule has 0 aliphatic heterocycles. The van der Waals surface area contributed by atoms with Crippen LogP contribution in [0.5, 0.6) is 5.75 Å². The van der Waals surface area contributed by atoms with Crippen LogP contribution in [-0.2, 0) is 6.54 Å². The Morgan fingerprint density at radius 3 is 2.54 bits per heavy atom. The molecule has 0 spiro atoms. The summed E-state index contributed by atoms with van der Waals surface area (Å²) in [4.78, 5) is 22.2. The minimum absolute atomic E-state index is 0.0311. The highest BCUT2D eigenvalue weighted by Crippen LogP contribution is 2.25. The molecule has 24 heavy (non-hydrogen) atoms. The van der Waals surface area contributed by atoms with Crippen molar-refractivity contribution in [2.45, 2.75) is 26.5 Å². The molecule has 1 aromatic carbocycles. The minimum atomic E-state index is -0.229. The molecule has 0 saturated heterocycles. The number of hydrogen-bond acceptors (Lipinski definition) is 5. The van der Waals surface area contributed by atoms with E-state index in [-0.39, 0.29) is 12.1 Å². The first-order valence-corrected chi connectivity index (χ1v) is 7.76. The zero-order chi connectivity index (χ0) is 17.5. The average Bonchev–Trinajstić information content (AvgIpc) is 2.56. The van der Waals surface area contributed by atoms with Gasteiger partial charge in [0.25, 0.3) is 0 Å². The van der Waals surface area contributed by atoms with Gasteiger partial charge in [0.15, 0.2) is 0 Å². The zero-order valence-corrected chi connectivity index (χ0v) is 14.4. The van der Waals surface area contributed by atoms with Gasteiger partial charge in [0.1, 0.15) is 5.75 Å². The first-order chi connectivity index (χ1) is 11.5. The van der Waals surface area contributed by atoms with Gasteiger partial charge in [-0.3, -0.25) is 0 Å². The second-order valence-corrected chi connectivity index (χ2v) is 5.61. The largest absolute Gasteiger partial charge is 0.489 e. The van der Waals surface area contributed by atoms with E-state index in [0.29, 0.717) is 23.9 Å². The average molecular weight is 329 g/mol. The smallest absolute Gasteiger partial charge is 0.321 e. The highest BCUT2D eigenvalue weighted by atomic mass is 16.5. The van der Waals surface area contributed by atoms with E-state index in [1.54, 1.807) is 31.4 Å². The number of para-hydroxylation sites is 2. The van der Waals surface area contributed by atoms with Gasteiger partial charge in [-0.05, 0) is 26.0 Å². The maximum absolute atomic E-state index is 12.4. The van der Waals surface area contributed by atoms with E-state index in [1.807, 2.05) is 38.1 Å². The first kappa shape index (κ1) is 17.5. The van der Waals surface area contributed by atoms with Gasteiger partial charge in [-0.15, -0.1) is 0 Å². The Hall–Kier alpha value is -2.83. The molecule has 128 valence electrons. The number of ether oxygens (including phenoxy) is 1. The molecule has 7 heteroatoms. The summed E-state index contributed by atoms with van der Waals surface area (Å²) in [5.41, 5.74) is 1.49. The number of hydrogen-bond donors (Lipinski definition) is 2. The SMILES string of the molecule is CNc1ncc(CN(C)C(=O)Nc2ccccc2OC(C)C)cn1.